The van der Waals surface area contributed by atoms with E-state index in [0.29, 0.717) is 33.8 Å². The van der Waals surface area contributed by atoms with Crippen molar-refractivity contribution in [1.82, 2.24) is 50.1 Å². The Labute approximate surface area is 422 Å². The van der Waals surface area contributed by atoms with E-state index < -0.39 is 19.4 Å². The molecule has 6 aromatic heterocycles. The maximum atomic E-state index is 13.0. The topological polar surface area (TPSA) is 261 Å². The van der Waals surface area contributed by atoms with Gasteiger partial charge in [0.1, 0.15) is 11.6 Å². The molecular weight excluding hydrogens is 969 g/mol. The molecule has 7 N–H and O–H groups in total. The fourth-order valence-electron chi connectivity index (χ4n) is 8.43. The van der Waals surface area contributed by atoms with Crippen LogP contribution in [0.25, 0.3) is 44.1 Å². The van der Waals surface area contributed by atoms with Crippen LogP contribution >= 0.6 is 0 Å². The van der Waals surface area contributed by atoms with Crippen molar-refractivity contribution in [1.29, 1.82) is 0 Å². The predicted octanol–water partition coefficient (Wildman–Crippen LogP) is 5.68. The third-order valence-corrected chi connectivity index (χ3v) is 13.3. The molecule has 0 aliphatic carbocycles. The molecule has 2 aliphatic heterocycles. The number of hydrogen-bond acceptors (Lipinski definition) is 14. The Balaban J connectivity index is 0.000000180. The summed E-state index contributed by atoms with van der Waals surface area (Å²) in [7, 11) is -4.88. The number of nitrogens with one attached hydrogen (secondary N) is 6. The predicted molar refractivity (Wildman–Crippen MR) is 289 cm³/mol. The lowest BCUT2D eigenvalue weighted by atomic mass is 10.0. The second-order valence-corrected chi connectivity index (χ2v) is 22.6. The summed E-state index contributed by atoms with van der Waals surface area (Å²) in [4.78, 5) is 47.9. The zero-order valence-corrected chi connectivity index (χ0v) is 42.0. The molecule has 2 amide bonds. The standard InChI is InChI=1S/C26H29N7O3S.C25H27N7O3S/c1-37(2,36)32-24-6-4-20(15-28-24)29-26(35)25-22-12-18(3-5-23(22)30-31-25)19-11-17(13-27-14-19)16-33-9-7-21(34)8-10-33;1-36(2,34)31-23-6-4-20(15-27-23)28-25(33)24-21-12-18(3-5-22(21)29-30-24)19-11-17(13-26-14-19)16-32-7-9-35-10-8-32/h3-6,11-15,21,34H,1,7-10,16H2,2H3,(H,29,35)(H,30,31)(H,28,32,36);3-6,11-15H,1,7-10,16H2,2H3,(H,28,33)(H,29,30)(H,27,31,34). The smallest absolute Gasteiger partial charge is 0.276 e. The number of piperidine rings is 1. The molecule has 2 fully saturated rings. The highest BCUT2D eigenvalue weighted by Crippen LogP contribution is 2.29. The summed E-state index contributed by atoms with van der Waals surface area (Å²) < 4.78 is 34.5. The maximum Gasteiger partial charge on any atom is 0.276 e. The number of anilines is 4. The van der Waals surface area contributed by atoms with E-state index in [1.165, 1.54) is 24.9 Å². The summed E-state index contributed by atoms with van der Waals surface area (Å²) in [5.41, 5.74) is 9.05. The second-order valence-electron chi connectivity index (χ2n) is 18.2. The minimum atomic E-state index is -2.44. The third-order valence-electron chi connectivity index (χ3n) is 12.0. The van der Waals surface area contributed by atoms with Gasteiger partial charge in [-0.2, -0.15) is 10.2 Å². The molecule has 22 heteroatoms. The second kappa shape index (κ2) is 22.0. The molecule has 0 bridgehead atoms. The first kappa shape index (κ1) is 50.3. The molecular formula is C51H56N14O6S2. The molecule has 378 valence electrons. The summed E-state index contributed by atoms with van der Waals surface area (Å²) in [5.74, 6) is 7.17. The van der Waals surface area contributed by atoms with Gasteiger partial charge in [0.15, 0.2) is 11.4 Å². The number of aromatic amines is 2. The van der Waals surface area contributed by atoms with Crippen molar-refractivity contribution in [2.45, 2.75) is 32.0 Å². The van der Waals surface area contributed by atoms with Crippen molar-refractivity contribution in [2.24, 2.45) is 0 Å². The quantitative estimate of drug-likeness (QED) is 0.0647. The Morgan fingerprint density at radius 1 is 0.630 bits per heavy atom. The van der Waals surface area contributed by atoms with Crippen LogP contribution < -0.4 is 20.1 Å². The number of aromatic nitrogens is 8. The molecule has 2 aliphatic rings. The number of ether oxygens (including phenoxy) is 1. The zero-order chi connectivity index (χ0) is 51.1. The average molecular weight is 1030 g/mol. The van der Waals surface area contributed by atoms with E-state index >= 15 is 0 Å². The van der Waals surface area contributed by atoms with E-state index in [4.69, 9.17) is 4.74 Å². The molecule has 0 spiro atoms. The van der Waals surface area contributed by atoms with E-state index in [-0.39, 0.29) is 29.3 Å². The van der Waals surface area contributed by atoms with Crippen LogP contribution in [-0.2, 0) is 37.2 Å². The number of fused-ring (bicyclic) bond motifs is 2. The molecule has 2 saturated heterocycles. The number of likely N-dealkylation sites (tertiary alicyclic amines) is 1. The highest BCUT2D eigenvalue weighted by atomic mass is 32.2. The number of aliphatic hydroxyl groups excluding tert-OH is 1. The van der Waals surface area contributed by atoms with Crippen LogP contribution in [0.1, 0.15) is 44.9 Å². The average Bonchev–Trinajstić information content (AvgIpc) is 4.00. The van der Waals surface area contributed by atoms with Crippen molar-refractivity contribution < 1.29 is 27.9 Å². The van der Waals surface area contributed by atoms with Crippen LogP contribution in [-0.4, -0.2) is 145 Å². The van der Waals surface area contributed by atoms with Gasteiger partial charge >= 0.3 is 0 Å². The van der Waals surface area contributed by atoms with Gasteiger partial charge in [0.25, 0.3) is 11.8 Å². The molecule has 0 saturated carbocycles. The van der Waals surface area contributed by atoms with Gasteiger partial charge in [0.05, 0.1) is 54.1 Å². The molecule has 8 heterocycles. The lowest BCUT2D eigenvalue weighted by Gasteiger charge is -2.29. The van der Waals surface area contributed by atoms with Gasteiger partial charge < -0.3 is 20.5 Å². The molecule has 2 unspecified atom stereocenters. The summed E-state index contributed by atoms with van der Waals surface area (Å²) in [6, 6.07) is 22.5. The SMILES string of the molecule is C=S(C)(=O)Nc1ccc(NC(=O)c2n[nH]c3ccc(-c4cncc(CN5CCC(O)CC5)c4)cc23)cn1.C=S(C)(=O)Nc1ccc(NC(=O)c2n[nH]c3ccc(-c4cncc(CN5CCOCC5)c4)cc23)cn1. The number of morpholine rings is 1. The van der Waals surface area contributed by atoms with Crippen molar-refractivity contribution in [3.63, 3.8) is 0 Å². The van der Waals surface area contributed by atoms with Crippen molar-refractivity contribution in [3.05, 3.63) is 132 Å². The van der Waals surface area contributed by atoms with Gasteiger partial charge in [-0.3, -0.25) is 49.0 Å². The van der Waals surface area contributed by atoms with Gasteiger partial charge in [0.2, 0.25) is 0 Å². The Morgan fingerprint density at radius 3 is 1.51 bits per heavy atom. The van der Waals surface area contributed by atoms with Gasteiger partial charge in [-0.1, -0.05) is 12.1 Å². The number of hydrogen-bond donors (Lipinski definition) is 7. The molecule has 10 rings (SSSR count). The highest BCUT2D eigenvalue weighted by Gasteiger charge is 2.20. The zero-order valence-electron chi connectivity index (χ0n) is 40.3. The van der Waals surface area contributed by atoms with Crippen LogP contribution in [0.5, 0.6) is 0 Å². The molecule has 2 atom stereocenters. The summed E-state index contributed by atoms with van der Waals surface area (Å²) in [6.07, 6.45) is 14.7. The molecule has 73 heavy (non-hydrogen) atoms. The largest absolute Gasteiger partial charge is 0.393 e. The first-order valence-electron chi connectivity index (χ1n) is 23.4. The molecule has 2 aromatic carbocycles. The minimum absolute atomic E-state index is 0.198. The summed E-state index contributed by atoms with van der Waals surface area (Å²) >= 11 is 0. The van der Waals surface area contributed by atoms with Crippen LogP contribution in [0.3, 0.4) is 0 Å². The first-order chi connectivity index (χ1) is 35.1. The number of carbonyl (C=O) groups is 2. The van der Waals surface area contributed by atoms with E-state index in [9.17, 15) is 23.1 Å². The number of pyridine rings is 4. The van der Waals surface area contributed by atoms with Gasteiger partial charge in [-0.25, -0.2) is 18.4 Å². The lowest BCUT2D eigenvalue weighted by Crippen LogP contribution is -2.35. The number of benzene rings is 2. The monoisotopic (exact) mass is 1020 g/mol. The van der Waals surface area contributed by atoms with Gasteiger partial charge in [-0.05, 0) is 107 Å². The Hall–Kier alpha value is -7.60. The Kier molecular flexibility index (Phi) is 15.2. The van der Waals surface area contributed by atoms with Crippen LogP contribution in [0.15, 0.2) is 110 Å². The number of amides is 2. The van der Waals surface area contributed by atoms with Gasteiger partial charge in [-0.15, -0.1) is 0 Å². The van der Waals surface area contributed by atoms with Crippen LogP contribution in [0.4, 0.5) is 23.0 Å². The Morgan fingerprint density at radius 2 is 1.08 bits per heavy atom. The highest BCUT2D eigenvalue weighted by molar-refractivity contribution is 8.01. The van der Waals surface area contributed by atoms with Crippen LogP contribution in [0.2, 0.25) is 0 Å². The Bertz CT molecular complexity index is 3480. The number of H-pyrrole nitrogens is 2. The number of rotatable bonds is 14. The number of carbonyl (C=O) groups excluding carboxylic acids is 2. The fraction of sp³-hybridized carbons (Fsp3) is 0.255. The van der Waals surface area contributed by atoms with Crippen molar-refractivity contribution in [3.8, 4) is 22.3 Å². The van der Waals surface area contributed by atoms with E-state index in [0.717, 1.165) is 110 Å². The minimum Gasteiger partial charge on any atom is -0.393 e. The van der Waals surface area contributed by atoms with Crippen molar-refractivity contribution >= 4 is 87.8 Å². The van der Waals surface area contributed by atoms with Crippen LogP contribution in [0, 0.1) is 0 Å². The van der Waals surface area contributed by atoms with E-state index in [2.05, 4.69) is 94.1 Å². The lowest BCUT2D eigenvalue weighted by molar-refractivity contribution is 0.0341. The molecule has 20 nitrogen and oxygen atoms in total. The number of aliphatic hydroxyl groups is 1. The third kappa shape index (κ3) is 13.5. The first-order valence-corrected chi connectivity index (χ1v) is 27.6. The van der Waals surface area contributed by atoms with Crippen molar-refractivity contribution in [2.75, 3.05) is 72.0 Å². The normalized spacial score (nSPS) is 16.2. The van der Waals surface area contributed by atoms with Gasteiger partial charge in [0, 0.05) is 118 Å². The number of nitrogens with zero attached hydrogens (tertiary/aromatic N) is 8. The molecule has 0 radical (unpaired) electrons. The molecule has 8 aromatic rings. The summed E-state index contributed by atoms with van der Waals surface area (Å²) in [6.45, 7) is 6.66. The van der Waals surface area contributed by atoms with E-state index in [1.807, 2.05) is 61.2 Å². The van der Waals surface area contributed by atoms with E-state index in [1.54, 1.807) is 24.3 Å². The fourth-order valence-corrected chi connectivity index (χ4v) is 9.56. The maximum absolute atomic E-state index is 13.0. The summed E-state index contributed by atoms with van der Waals surface area (Å²) in [5, 5.41) is 31.1.